The first-order chi connectivity index (χ1) is 12.2. The number of aromatic nitrogens is 3. The Morgan fingerprint density at radius 2 is 1.60 bits per heavy atom. The van der Waals surface area contributed by atoms with Crippen molar-refractivity contribution in [2.24, 2.45) is 0 Å². The molecule has 2 aromatic heterocycles. The molecule has 0 saturated carbocycles. The number of H-pyrrole nitrogens is 1. The lowest BCUT2D eigenvalue weighted by Crippen LogP contribution is -1.85. The third-order valence-electron chi connectivity index (χ3n) is 4.21. The normalized spacial score (nSPS) is 10.8. The second-order valence-electron chi connectivity index (χ2n) is 5.97. The molecule has 0 atom stereocenters. The van der Waals surface area contributed by atoms with Crippen molar-refractivity contribution in [2.45, 2.75) is 6.92 Å². The van der Waals surface area contributed by atoms with Gasteiger partial charge in [-0.3, -0.25) is 10.1 Å². The van der Waals surface area contributed by atoms with Crippen LogP contribution in [0.4, 0.5) is 0 Å². The molecule has 2 heterocycles. The summed E-state index contributed by atoms with van der Waals surface area (Å²) in [5.74, 6) is 0.228. The van der Waals surface area contributed by atoms with Crippen LogP contribution in [0.15, 0.2) is 73.1 Å². The highest BCUT2D eigenvalue weighted by atomic mass is 16.3. The molecule has 2 aromatic carbocycles. The molecule has 4 aromatic rings. The van der Waals surface area contributed by atoms with Crippen LogP contribution >= 0.6 is 0 Å². The largest absolute Gasteiger partial charge is 0.507 e. The molecule has 4 rings (SSSR count). The summed E-state index contributed by atoms with van der Waals surface area (Å²) in [6.45, 7) is 2.00. The van der Waals surface area contributed by atoms with E-state index in [4.69, 9.17) is 0 Å². The van der Waals surface area contributed by atoms with Crippen molar-refractivity contribution in [3.63, 3.8) is 0 Å². The van der Waals surface area contributed by atoms with E-state index < -0.39 is 0 Å². The summed E-state index contributed by atoms with van der Waals surface area (Å²) in [5.41, 5.74) is 6.69. The van der Waals surface area contributed by atoms with E-state index in [-0.39, 0.29) is 5.75 Å². The molecule has 0 bridgehead atoms. The predicted octanol–water partition coefficient (Wildman–Crippen LogP) is 4.82. The summed E-state index contributed by atoms with van der Waals surface area (Å²) in [5, 5.41) is 17.6. The molecule has 0 spiro atoms. The average molecular weight is 327 g/mol. The van der Waals surface area contributed by atoms with Crippen molar-refractivity contribution >= 4 is 0 Å². The maximum atomic E-state index is 10.1. The van der Waals surface area contributed by atoms with Crippen molar-refractivity contribution in [1.82, 2.24) is 15.2 Å². The molecule has 25 heavy (non-hydrogen) atoms. The van der Waals surface area contributed by atoms with Crippen LogP contribution in [0, 0.1) is 6.92 Å². The fraction of sp³-hybridized carbons (Fsp3) is 0.0476. The monoisotopic (exact) mass is 327 g/mol. The second kappa shape index (κ2) is 6.24. The zero-order valence-corrected chi connectivity index (χ0v) is 13.8. The summed E-state index contributed by atoms with van der Waals surface area (Å²) in [4.78, 5) is 4.09. The van der Waals surface area contributed by atoms with Gasteiger partial charge in [0.15, 0.2) is 0 Å². The summed E-state index contributed by atoms with van der Waals surface area (Å²) >= 11 is 0. The van der Waals surface area contributed by atoms with Gasteiger partial charge in [0.05, 0.1) is 11.4 Å². The Bertz CT molecular complexity index is 1020. The average Bonchev–Trinajstić information content (AvgIpc) is 3.14. The van der Waals surface area contributed by atoms with Crippen molar-refractivity contribution in [3.05, 3.63) is 78.6 Å². The number of aryl methyl sites for hydroxylation is 1. The standard InChI is InChI=1S/C21H17N3O/c1-14-6-7-21(25)18(12-14)20-13-19(23-24-20)17-5-3-2-4-16(17)15-8-10-22-11-9-15/h2-13,25H,1H3,(H,23,24). The molecule has 0 radical (unpaired) electrons. The van der Waals surface area contributed by atoms with E-state index >= 15 is 0 Å². The SMILES string of the molecule is Cc1ccc(O)c(-c2cc(-c3ccccc3-c3ccncc3)[nH]n2)c1. The van der Waals surface area contributed by atoms with Gasteiger partial charge >= 0.3 is 0 Å². The number of hydrogen-bond acceptors (Lipinski definition) is 3. The number of phenolic OH excluding ortho intramolecular Hbond substituents is 1. The van der Waals surface area contributed by atoms with E-state index in [0.29, 0.717) is 0 Å². The number of pyridine rings is 1. The first-order valence-electron chi connectivity index (χ1n) is 8.07. The van der Waals surface area contributed by atoms with Crippen LogP contribution in [0.2, 0.25) is 0 Å². The lowest BCUT2D eigenvalue weighted by molar-refractivity contribution is 0.477. The van der Waals surface area contributed by atoms with Crippen molar-refractivity contribution in [1.29, 1.82) is 0 Å². The molecule has 4 nitrogen and oxygen atoms in total. The minimum atomic E-state index is 0.228. The first-order valence-corrected chi connectivity index (χ1v) is 8.07. The summed E-state index contributed by atoms with van der Waals surface area (Å²) in [7, 11) is 0. The zero-order chi connectivity index (χ0) is 17.2. The molecule has 0 fully saturated rings. The molecule has 0 aliphatic carbocycles. The van der Waals surface area contributed by atoms with Crippen LogP contribution in [-0.4, -0.2) is 20.3 Å². The molecular weight excluding hydrogens is 310 g/mol. The number of aromatic amines is 1. The van der Waals surface area contributed by atoms with Crippen LogP contribution in [0.25, 0.3) is 33.6 Å². The fourth-order valence-electron chi connectivity index (χ4n) is 2.95. The minimum Gasteiger partial charge on any atom is -0.507 e. The van der Waals surface area contributed by atoms with Crippen LogP contribution in [0.1, 0.15) is 5.56 Å². The molecule has 0 amide bonds. The topological polar surface area (TPSA) is 61.8 Å². The number of phenols is 1. The Morgan fingerprint density at radius 3 is 2.40 bits per heavy atom. The van der Waals surface area contributed by atoms with Gasteiger partial charge in [0.25, 0.3) is 0 Å². The number of nitrogens with one attached hydrogen (secondary N) is 1. The van der Waals surface area contributed by atoms with Gasteiger partial charge in [-0.25, -0.2) is 0 Å². The maximum Gasteiger partial charge on any atom is 0.125 e. The molecule has 2 N–H and O–H groups in total. The van der Waals surface area contributed by atoms with Gasteiger partial charge in [-0.2, -0.15) is 5.10 Å². The van der Waals surface area contributed by atoms with E-state index in [1.807, 2.05) is 49.4 Å². The van der Waals surface area contributed by atoms with E-state index in [9.17, 15) is 5.11 Å². The molecule has 0 unspecified atom stereocenters. The third kappa shape index (κ3) is 2.90. The van der Waals surface area contributed by atoms with E-state index in [0.717, 1.165) is 39.2 Å². The quantitative estimate of drug-likeness (QED) is 0.567. The van der Waals surface area contributed by atoms with Gasteiger partial charge < -0.3 is 5.11 Å². The first kappa shape index (κ1) is 15.1. The Hall–Kier alpha value is -3.40. The van der Waals surface area contributed by atoms with E-state index in [1.54, 1.807) is 18.5 Å². The number of hydrogen-bond donors (Lipinski definition) is 2. The van der Waals surface area contributed by atoms with Gasteiger partial charge in [-0.15, -0.1) is 0 Å². The Labute approximate surface area is 145 Å². The third-order valence-corrected chi connectivity index (χ3v) is 4.21. The van der Waals surface area contributed by atoms with Crippen LogP contribution in [0.5, 0.6) is 5.75 Å². The Morgan fingerprint density at radius 1 is 0.840 bits per heavy atom. The highest BCUT2D eigenvalue weighted by molar-refractivity contribution is 5.83. The molecule has 0 aliphatic heterocycles. The van der Waals surface area contributed by atoms with Gasteiger partial charge in [-0.05, 0) is 48.4 Å². The van der Waals surface area contributed by atoms with Crippen molar-refractivity contribution in [2.75, 3.05) is 0 Å². The number of aromatic hydroxyl groups is 1. The molecule has 4 heteroatoms. The lowest BCUT2D eigenvalue weighted by atomic mass is 9.98. The Balaban J connectivity index is 1.81. The maximum absolute atomic E-state index is 10.1. The smallest absolute Gasteiger partial charge is 0.125 e. The summed E-state index contributed by atoms with van der Waals surface area (Å²) < 4.78 is 0. The van der Waals surface area contributed by atoms with Gasteiger partial charge in [0.2, 0.25) is 0 Å². The number of benzene rings is 2. The molecule has 0 aliphatic rings. The number of nitrogens with zero attached hydrogens (tertiary/aromatic N) is 2. The molecule has 122 valence electrons. The van der Waals surface area contributed by atoms with Crippen LogP contribution in [0.3, 0.4) is 0 Å². The molecular formula is C21H17N3O. The number of rotatable bonds is 3. The second-order valence-corrected chi connectivity index (χ2v) is 5.97. The lowest BCUT2D eigenvalue weighted by Gasteiger charge is -2.07. The van der Waals surface area contributed by atoms with Gasteiger partial charge in [0.1, 0.15) is 5.75 Å². The van der Waals surface area contributed by atoms with E-state index in [1.165, 1.54) is 0 Å². The summed E-state index contributed by atoms with van der Waals surface area (Å²) in [6.07, 6.45) is 3.57. The van der Waals surface area contributed by atoms with Crippen LogP contribution < -0.4 is 0 Å². The fourth-order valence-corrected chi connectivity index (χ4v) is 2.95. The van der Waals surface area contributed by atoms with Gasteiger partial charge in [0, 0.05) is 23.5 Å². The van der Waals surface area contributed by atoms with E-state index in [2.05, 4.69) is 27.3 Å². The van der Waals surface area contributed by atoms with Crippen molar-refractivity contribution in [3.8, 4) is 39.4 Å². The zero-order valence-electron chi connectivity index (χ0n) is 13.8. The molecule has 0 saturated heterocycles. The Kier molecular flexibility index (Phi) is 3.78. The highest BCUT2D eigenvalue weighted by Crippen LogP contribution is 2.34. The minimum absolute atomic E-state index is 0.228. The highest BCUT2D eigenvalue weighted by Gasteiger charge is 2.13. The summed E-state index contributed by atoms with van der Waals surface area (Å²) in [6, 6.07) is 19.6. The van der Waals surface area contributed by atoms with Crippen molar-refractivity contribution < 1.29 is 5.11 Å². The predicted molar refractivity (Wildman–Crippen MR) is 99.1 cm³/mol. The van der Waals surface area contributed by atoms with Crippen LogP contribution in [-0.2, 0) is 0 Å². The van der Waals surface area contributed by atoms with Gasteiger partial charge in [-0.1, -0.05) is 35.9 Å².